The zero-order chi connectivity index (χ0) is 14.0. The van der Waals surface area contributed by atoms with Crippen molar-refractivity contribution < 1.29 is 14.5 Å². The smallest absolute Gasteiger partial charge is 0.307 e. The molecule has 1 N–H and O–H groups in total. The first kappa shape index (κ1) is 13.0. The topological polar surface area (TPSA) is 110 Å². The predicted octanol–water partition coefficient (Wildman–Crippen LogP) is -0.862. The normalized spacial score (nSPS) is 19.1. The van der Waals surface area contributed by atoms with E-state index in [4.69, 9.17) is 0 Å². The second kappa shape index (κ2) is 5.04. The molecule has 1 atom stereocenters. The maximum absolute atomic E-state index is 12.0. The molecule has 19 heavy (non-hydrogen) atoms. The Kier molecular flexibility index (Phi) is 3.45. The van der Waals surface area contributed by atoms with Gasteiger partial charge in [0.15, 0.2) is 0 Å². The number of hydrogen-bond donors (Lipinski definition) is 1. The van der Waals surface area contributed by atoms with E-state index in [0.717, 1.165) is 6.20 Å². The summed E-state index contributed by atoms with van der Waals surface area (Å²) in [5.41, 5.74) is -0.169. The van der Waals surface area contributed by atoms with Crippen LogP contribution in [0.5, 0.6) is 0 Å². The van der Waals surface area contributed by atoms with Gasteiger partial charge in [0.2, 0.25) is 11.8 Å². The predicted molar refractivity (Wildman–Crippen MR) is 63.1 cm³/mol. The minimum absolute atomic E-state index is 0.120. The van der Waals surface area contributed by atoms with E-state index in [-0.39, 0.29) is 24.0 Å². The van der Waals surface area contributed by atoms with E-state index in [0.29, 0.717) is 13.1 Å². The number of nitro groups is 1. The molecule has 1 aliphatic rings. The standard InChI is InChI=1S/C10H13N5O4/c1-7-10(17)11-2-3-14(7)9(16)6-13-5-8(4-12-13)15(18)19/h4-5,7H,2-3,6H2,1H3,(H,11,17). The summed E-state index contributed by atoms with van der Waals surface area (Å²) in [4.78, 5) is 34.8. The highest BCUT2D eigenvalue weighted by atomic mass is 16.6. The van der Waals surface area contributed by atoms with Crippen LogP contribution in [-0.4, -0.2) is 50.5 Å². The third-order valence-corrected chi connectivity index (χ3v) is 2.95. The van der Waals surface area contributed by atoms with Gasteiger partial charge in [-0.15, -0.1) is 0 Å². The summed E-state index contributed by atoms with van der Waals surface area (Å²) in [6, 6.07) is -0.535. The van der Waals surface area contributed by atoms with Gasteiger partial charge in [-0.1, -0.05) is 0 Å². The summed E-state index contributed by atoms with van der Waals surface area (Å²) in [5.74, 6) is -0.494. The maximum Gasteiger partial charge on any atom is 0.307 e. The lowest BCUT2D eigenvalue weighted by atomic mass is 10.2. The molecule has 102 valence electrons. The summed E-state index contributed by atoms with van der Waals surface area (Å²) in [5, 5.41) is 16.9. The van der Waals surface area contributed by atoms with E-state index in [1.807, 2.05) is 0 Å². The largest absolute Gasteiger partial charge is 0.353 e. The number of nitrogens with one attached hydrogen (secondary N) is 1. The van der Waals surface area contributed by atoms with Crippen molar-refractivity contribution in [1.29, 1.82) is 0 Å². The van der Waals surface area contributed by atoms with E-state index in [2.05, 4.69) is 10.4 Å². The number of piperazine rings is 1. The number of amides is 2. The Bertz CT molecular complexity index is 526. The van der Waals surface area contributed by atoms with Gasteiger partial charge >= 0.3 is 5.69 Å². The van der Waals surface area contributed by atoms with Crippen molar-refractivity contribution in [3.8, 4) is 0 Å². The van der Waals surface area contributed by atoms with Crippen LogP contribution in [0.1, 0.15) is 6.92 Å². The van der Waals surface area contributed by atoms with Crippen LogP contribution >= 0.6 is 0 Å². The molecule has 1 saturated heterocycles. The van der Waals surface area contributed by atoms with Gasteiger partial charge in [-0.25, -0.2) is 0 Å². The molecule has 2 amide bonds. The van der Waals surface area contributed by atoms with Crippen molar-refractivity contribution in [1.82, 2.24) is 20.0 Å². The van der Waals surface area contributed by atoms with Crippen molar-refractivity contribution in [2.45, 2.75) is 19.5 Å². The Morgan fingerprint density at radius 2 is 2.42 bits per heavy atom. The lowest BCUT2D eigenvalue weighted by molar-refractivity contribution is -0.385. The summed E-state index contributed by atoms with van der Waals surface area (Å²) in [6.07, 6.45) is 2.27. The fraction of sp³-hybridized carbons (Fsp3) is 0.500. The lowest BCUT2D eigenvalue weighted by Crippen LogP contribution is -2.56. The van der Waals surface area contributed by atoms with Crippen LogP contribution in [0.2, 0.25) is 0 Å². The first-order chi connectivity index (χ1) is 8.99. The summed E-state index contributed by atoms with van der Waals surface area (Å²) >= 11 is 0. The molecule has 1 aromatic heterocycles. The molecule has 9 nitrogen and oxygen atoms in total. The van der Waals surface area contributed by atoms with Crippen LogP contribution in [0, 0.1) is 10.1 Å². The van der Waals surface area contributed by atoms with Crippen molar-refractivity contribution in [3.05, 3.63) is 22.5 Å². The third kappa shape index (κ3) is 2.69. The zero-order valence-electron chi connectivity index (χ0n) is 10.3. The summed E-state index contributed by atoms with van der Waals surface area (Å²) in [7, 11) is 0. The van der Waals surface area contributed by atoms with Crippen LogP contribution in [0.4, 0.5) is 5.69 Å². The molecule has 0 spiro atoms. The van der Waals surface area contributed by atoms with Gasteiger partial charge in [0.1, 0.15) is 25.0 Å². The highest BCUT2D eigenvalue weighted by molar-refractivity contribution is 5.88. The Hall–Kier alpha value is -2.45. The molecule has 9 heteroatoms. The summed E-state index contributed by atoms with van der Waals surface area (Å²) < 4.78 is 1.19. The number of nitrogens with zero attached hydrogens (tertiary/aromatic N) is 4. The van der Waals surface area contributed by atoms with Crippen molar-refractivity contribution in [2.24, 2.45) is 0 Å². The van der Waals surface area contributed by atoms with Crippen molar-refractivity contribution in [3.63, 3.8) is 0 Å². The number of carbonyl (C=O) groups is 2. The summed E-state index contributed by atoms with van der Waals surface area (Å²) in [6.45, 7) is 2.35. The molecule has 2 rings (SSSR count). The van der Waals surface area contributed by atoms with Crippen LogP contribution in [0.15, 0.2) is 12.4 Å². The Labute approximate surface area is 108 Å². The fourth-order valence-corrected chi connectivity index (χ4v) is 1.89. The Morgan fingerprint density at radius 3 is 3.05 bits per heavy atom. The van der Waals surface area contributed by atoms with Gasteiger partial charge in [-0.3, -0.25) is 24.4 Å². The van der Waals surface area contributed by atoms with Crippen LogP contribution in [0.3, 0.4) is 0 Å². The molecule has 2 heterocycles. The molecule has 1 aliphatic heterocycles. The second-order valence-electron chi connectivity index (χ2n) is 4.21. The SMILES string of the molecule is CC1C(=O)NCCN1C(=O)Cn1cc([N+](=O)[O-])cn1. The number of carbonyl (C=O) groups excluding carboxylic acids is 2. The van der Waals surface area contributed by atoms with Gasteiger partial charge in [-0.05, 0) is 6.92 Å². The highest BCUT2D eigenvalue weighted by Crippen LogP contribution is 2.09. The average molecular weight is 267 g/mol. The molecule has 1 fully saturated rings. The molecule has 0 aromatic carbocycles. The fourth-order valence-electron chi connectivity index (χ4n) is 1.89. The number of hydrogen-bond acceptors (Lipinski definition) is 5. The number of rotatable bonds is 3. The zero-order valence-corrected chi connectivity index (χ0v) is 10.3. The number of aromatic nitrogens is 2. The molecule has 0 bridgehead atoms. The molecule has 0 aliphatic carbocycles. The van der Waals surface area contributed by atoms with Crippen molar-refractivity contribution >= 4 is 17.5 Å². The maximum atomic E-state index is 12.0. The monoisotopic (exact) mass is 267 g/mol. The van der Waals surface area contributed by atoms with Crippen LogP contribution in [0.25, 0.3) is 0 Å². The third-order valence-electron chi connectivity index (χ3n) is 2.95. The minimum Gasteiger partial charge on any atom is -0.353 e. The van der Waals surface area contributed by atoms with Gasteiger partial charge in [0, 0.05) is 13.1 Å². The molecular weight excluding hydrogens is 254 g/mol. The lowest BCUT2D eigenvalue weighted by Gasteiger charge is -2.32. The van der Waals surface area contributed by atoms with E-state index >= 15 is 0 Å². The van der Waals surface area contributed by atoms with Gasteiger partial charge in [0.05, 0.1) is 4.92 Å². The van der Waals surface area contributed by atoms with E-state index in [1.54, 1.807) is 6.92 Å². The van der Waals surface area contributed by atoms with Gasteiger partial charge in [0.25, 0.3) is 0 Å². The highest BCUT2D eigenvalue weighted by Gasteiger charge is 2.29. The molecule has 1 unspecified atom stereocenters. The Balaban J connectivity index is 2.03. The van der Waals surface area contributed by atoms with Gasteiger partial charge in [-0.2, -0.15) is 5.10 Å². The average Bonchev–Trinajstić information content (AvgIpc) is 2.81. The quantitative estimate of drug-likeness (QED) is 0.566. The molecular formula is C10H13N5O4. The van der Waals surface area contributed by atoms with E-state index in [1.165, 1.54) is 15.8 Å². The van der Waals surface area contributed by atoms with Crippen LogP contribution in [-0.2, 0) is 16.1 Å². The van der Waals surface area contributed by atoms with Gasteiger partial charge < -0.3 is 10.2 Å². The Morgan fingerprint density at radius 1 is 1.68 bits per heavy atom. The van der Waals surface area contributed by atoms with Crippen molar-refractivity contribution in [2.75, 3.05) is 13.1 Å². The first-order valence-corrected chi connectivity index (χ1v) is 5.73. The first-order valence-electron chi connectivity index (χ1n) is 5.73. The molecule has 0 radical (unpaired) electrons. The molecule has 0 saturated carbocycles. The minimum atomic E-state index is -0.578. The second-order valence-corrected chi connectivity index (χ2v) is 4.21. The van der Waals surface area contributed by atoms with E-state index < -0.39 is 11.0 Å². The molecule has 1 aromatic rings. The van der Waals surface area contributed by atoms with Crippen LogP contribution < -0.4 is 5.32 Å². The van der Waals surface area contributed by atoms with E-state index in [9.17, 15) is 19.7 Å².